The van der Waals surface area contributed by atoms with Crippen molar-refractivity contribution in [2.24, 2.45) is 4.99 Å². The molecule has 2 heterocycles. The fourth-order valence-corrected chi connectivity index (χ4v) is 6.07. The zero-order valence-electron chi connectivity index (χ0n) is 19.3. The largest absolute Gasteiger partial charge is 0.360 e. The first-order valence-electron chi connectivity index (χ1n) is 10.9. The Bertz CT molecular complexity index is 1330. The van der Waals surface area contributed by atoms with Crippen LogP contribution in [0.25, 0.3) is 0 Å². The highest BCUT2D eigenvalue weighted by atomic mass is 32.2. The second-order valence-electron chi connectivity index (χ2n) is 8.10. The minimum Gasteiger partial charge on any atom is -0.360 e. The first-order valence-corrected chi connectivity index (χ1v) is 12.3. The number of aliphatic imine (C=N–C) groups is 1. The molecule has 0 amide bonds. The highest BCUT2D eigenvalue weighted by Gasteiger charge is 2.40. The minimum atomic E-state index is -3.88. The third-order valence-corrected chi connectivity index (χ3v) is 8.01. The van der Waals surface area contributed by atoms with Crippen LogP contribution in [0.1, 0.15) is 28.6 Å². The lowest BCUT2D eigenvalue weighted by Crippen LogP contribution is -2.54. The molecular formula is C24H26N6O3S. The zero-order valence-corrected chi connectivity index (χ0v) is 20.1. The Kier molecular flexibility index (Phi) is 6.68. The smallest absolute Gasteiger partial charge is 0.249 e. The molecule has 9 nitrogen and oxygen atoms in total. The predicted octanol–water partition coefficient (Wildman–Crippen LogP) is 3.41. The van der Waals surface area contributed by atoms with Gasteiger partial charge in [-0.05, 0) is 38.0 Å². The quantitative estimate of drug-likeness (QED) is 0.264. The molecule has 1 aliphatic rings. The van der Waals surface area contributed by atoms with Crippen molar-refractivity contribution in [3.05, 3.63) is 77.2 Å². The fraction of sp³-hybridized carbons (Fsp3) is 0.292. The van der Waals surface area contributed by atoms with Crippen LogP contribution in [0.5, 0.6) is 0 Å². The number of piperazine rings is 1. The van der Waals surface area contributed by atoms with Crippen molar-refractivity contribution in [2.45, 2.75) is 31.7 Å². The molecule has 1 N–H and O–H groups in total. The van der Waals surface area contributed by atoms with Crippen LogP contribution in [0, 0.1) is 32.2 Å². The maximum atomic E-state index is 13.7. The molecule has 0 radical (unpaired) electrons. The number of rotatable bonds is 4. The molecule has 1 aliphatic heterocycles. The van der Waals surface area contributed by atoms with E-state index in [2.05, 4.69) is 15.5 Å². The number of para-hydroxylation sites is 1. The first kappa shape index (κ1) is 23.5. The van der Waals surface area contributed by atoms with Gasteiger partial charge >= 0.3 is 0 Å². The maximum absolute atomic E-state index is 13.7. The van der Waals surface area contributed by atoms with Gasteiger partial charge in [0.05, 0.1) is 11.7 Å². The van der Waals surface area contributed by atoms with Gasteiger partial charge in [0.2, 0.25) is 16.0 Å². The second-order valence-corrected chi connectivity index (χ2v) is 9.93. The molecule has 0 spiro atoms. The van der Waals surface area contributed by atoms with Gasteiger partial charge in [-0.1, -0.05) is 53.7 Å². The maximum Gasteiger partial charge on any atom is 0.249 e. The van der Waals surface area contributed by atoms with Crippen molar-refractivity contribution >= 4 is 21.7 Å². The van der Waals surface area contributed by atoms with Gasteiger partial charge in [-0.2, -0.15) is 9.57 Å². The van der Waals surface area contributed by atoms with E-state index in [0.717, 1.165) is 16.8 Å². The summed E-state index contributed by atoms with van der Waals surface area (Å²) in [5.41, 5.74) is 2.88. The normalized spacial score (nSPS) is 17.4. The summed E-state index contributed by atoms with van der Waals surface area (Å²) < 4.78 is 34.1. The molecule has 1 unspecified atom stereocenters. The van der Waals surface area contributed by atoms with Crippen LogP contribution in [0.2, 0.25) is 0 Å². The molecule has 176 valence electrons. The molecule has 0 aliphatic carbocycles. The lowest BCUT2D eigenvalue weighted by molar-refractivity contribution is 0.192. The summed E-state index contributed by atoms with van der Waals surface area (Å²) in [4.78, 5) is 6.69. The van der Waals surface area contributed by atoms with E-state index in [0.29, 0.717) is 24.7 Å². The van der Waals surface area contributed by atoms with Crippen molar-refractivity contribution in [1.82, 2.24) is 19.7 Å². The monoisotopic (exact) mass is 478 g/mol. The number of nitriles is 1. The van der Waals surface area contributed by atoms with Gasteiger partial charge in [-0.3, -0.25) is 5.32 Å². The molecule has 1 fully saturated rings. The number of aryl methyl sites for hydroxylation is 3. The van der Waals surface area contributed by atoms with E-state index in [9.17, 15) is 13.7 Å². The van der Waals surface area contributed by atoms with Gasteiger partial charge in [0.15, 0.2) is 12.0 Å². The Hall–Kier alpha value is -3.68. The van der Waals surface area contributed by atoms with Gasteiger partial charge in [-0.25, -0.2) is 13.4 Å². The molecule has 34 heavy (non-hydrogen) atoms. The molecule has 1 saturated heterocycles. The van der Waals surface area contributed by atoms with Gasteiger partial charge in [0, 0.05) is 19.6 Å². The van der Waals surface area contributed by atoms with E-state index in [4.69, 9.17) is 4.52 Å². The fourth-order valence-electron chi connectivity index (χ4n) is 4.18. The van der Waals surface area contributed by atoms with Crippen LogP contribution in [0.4, 0.5) is 5.69 Å². The van der Waals surface area contributed by atoms with E-state index in [-0.39, 0.29) is 17.2 Å². The van der Waals surface area contributed by atoms with Crippen LogP contribution in [0.3, 0.4) is 0 Å². The number of nitrogens with one attached hydrogen (secondary N) is 1. The number of hydrogen-bond donors (Lipinski definition) is 1. The topological polar surface area (TPSA) is 115 Å². The van der Waals surface area contributed by atoms with Crippen molar-refractivity contribution < 1.29 is 12.9 Å². The van der Waals surface area contributed by atoms with Crippen molar-refractivity contribution in [3.63, 3.8) is 0 Å². The number of nitrogens with zero attached hydrogens (tertiary/aromatic N) is 5. The van der Waals surface area contributed by atoms with E-state index in [1.165, 1.54) is 4.31 Å². The molecule has 0 bridgehead atoms. The Morgan fingerprint density at radius 2 is 1.82 bits per heavy atom. The molecule has 2 aromatic carbocycles. The number of guanidine groups is 1. The highest BCUT2D eigenvalue weighted by Crippen LogP contribution is 2.33. The lowest BCUT2D eigenvalue weighted by Gasteiger charge is -2.41. The van der Waals surface area contributed by atoms with Gasteiger partial charge in [0.1, 0.15) is 10.6 Å². The number of aromatic nitrogens is 1. The van der Waals surface area contributed by atoms with Gasteiger partial charge in [-0.15, -0.1) is 0 Å². The number of sulfonamides is 1. The Morgan fingerprint density at radius 3 is 2.47 bits per heavy atom. The third-order valence-electron chi connectivity index (χ3n) is 5.86. The molecule has 10 heteroatoms. The SMILES string of the molecule is Cc1ccccc1N=C(NC#N)N1CCN(S(=O)(=O)c2c(C)noc2C)C(c2ccccc2)C1. The summed E-state index contributed by atoms with van der Waals surface area (Å²) in [6.07, 6.45) is 1.96. The van der Waals surface area contributed by atoms with E-state index >= 15 is 0 Å². The number of benzene rings is 2. The van der Waals surface area contributed by atoms with E-state index in [1.54, 1.807) is 13.8 Å². The summed E-state index contributed by atoms with van der Waals surface area (Å²) in [6, 6.07) is 16.6. The van der Waals surface area contributed by atoms with Crippen LogP contribution in [0.15, 0.2) is 69.0 Å². The molecular weight excluding hydrogens is 452 g/mol. The summed E-state index contributed by atoms with van der Waals surface area (Å²) >= 11 is 0. The first-order chi connectivity index (χ1) is 16.3. The Morgan fingerprint density at radius 1 is 1.12 bits per heavy atom. The summed E-state index contributed by atoms with van der Waals surface area (Å²) in [5, 5.41) is 15.9. The highest BCUT2D eigenvalue weighted by molar-refractivity contribution is 7.89. The second kappa shape index (κ2) is 9.67. The van der Waals surface area contributed by atoms with Crippen LogP contribution < -0.4 is 5.32 Å². The third kappa shape index (κ3) is 4.53. The molecule has 1 atom stereocenters. The number of hydrogen-bond acceptors (Lipinski definition) is 6. The average molecular weight is 479 g/mol. The minimum absolute atomic E-state index is 0.103. The lowest BCUT2D eigenvalue weighted by atomic mass is 10.0. The van der Waals surface area contributed by atoms with E-state index < -0.39 is 16.1 Å². The predicted molar refractivity (Wildman–Crippen MR) is 128 cm³/mol. The van der Waals surface area contributed by atoms with Crippen LogP contribution in [-0.4, -0.2) is 48.4 Å². The average Bonchev–Trinajstić information content (AvgIpc) is 3.19. The zero-order chi connectivity index (χ0) is 24.3. The summed E-state index contributed by atoms with van der Waals surface area (Å²) in [5.74, 6) is 0.645. The molecule has 4 rings (SSSR count). The standard InChI is InChI=1S/C24H26N6O3S/c1-17-9-7-8-12-21(17)27-24(26-16-25)29-13-14-30(22(15-29)20-10-5-4-6-11-20)34(31,32)23-18(2)28-33-19(23)3/h4-12,22H,13-15H2,1-3H3,(H,26,27). The van der Waals surface area contributed by atoms with Crippen molar-refractivity contribution in [3.8, 4) is 6.19 Å². The van der Waals surface area contributed by atoms with Crippen molar-refractivity contribution in [1.29, 1.82) is 5.26 Å². The van der Waals surface area contributed by atoms with Gasteiger partial charge < -0.3 is 9.42 Å². The molecule has 0 saturated carbocycles. The summed E-state index contributed by atoms with van der Waals surface area (Å²) in [7, 11) is -3.88. The van der Waals surface area contributed by atoms with Gasteiger partial charge in [0.25, 0.3) is 0 Å². The van der Waals surface area contributed by atoms with Crippen LogP contribution >= 0.6 is 0 Å². The van der Waals surface area contributed by atoms with E-state index in [1.807, 2.05) is 72.6 Å². The Balaban J connectivity index is 1.74. The molecule has 1 aromatic heterocycles. The van der Waals surface area contributed by atoms with Crippen LogP contribution in [-0.2, 0) is 10.0 Å². The Labute approximate surface area is 199 Å². The molecule has 3 aromatic rings. The van der Waals surface area contributed by atoms with Crippen molar-refractivity contribution in [2.75, 3.05) is 19.6 Å². The summed E-state index contributed by atoms with van der Waals surface area (Å²) in [6.45, 7) is 6.04.